The van der Waals surface area contributed by atoms with Crippen molar-refractivity contribution in [1.82, 2.24) is 14.9 Å². The van der Waals surface area contributed by atoms with Gasteiger partial charge < -0.3 is 10.2 Å². The second-order valence-corrected chi connectivity index (χ2v) is 7.33. The lowest BCUT2D eigenvalue weighted by atomic mass is 10.1. The number of hydrogen-bond acceptors (Lipinski definition) is 4. The molecule has 1 aromatic carbocycles. The van der Waals surface area contributed by atoms with Gasteiger partial charge in [0.2, 0.25) is 10.0 Å². The van der Waals surface area contributed by atoms with Crippen molar-refractivity contribution in [2.45, 2.75) is 30.7 Å². The van der Waals surface area contributed by atoms with Crippen LogP contribution in [0.1, 0.15) is 18.9 Å². The molecule has 1 fully saturated rings. The zero-order valence-corrected chi connectivity index (χ0v) is 13.6. The van der Waals surface area contributed by atoms with Gasteiger partial charge in [0.15, 0.2) is 0 Å². The molecule has 0 aromatic heterocycles. The lowest BCUT2D eigenvalue weighted by Gasteiger charge is -2.13. The fourth-order valence-corrected chi connectivity index (χ4v) is 3.83. The smallest absolute Gasteiger partial charge is 0.240 e. The lowest BCUT2D eigenvalue weighted by molar-refractivity contribution is 0.407. The maximum absolute atomic E-state index is 12.3. The van der Waals surface area contributed by atoms with Crippen molar-refractivity contribution in [2.24, 2.45) is 0 Å². The van der Waals surface area contributed by atoms with Crippen molar-refractivity contribution >= 4 is 10.0 Å². The van der Waals surface area contributed by atoms with Crippen molar-refractivity contribution in [3.63, 3.8) is 0 Å². The quantitative estimate of drug-likeness (QED) is 0.732. The fraction of sp³-hybridized carbons (Fsp3) is 0.600. The fourth-order valence-electron chi connectivity index (χ4n) is 2.56. The van der Waals surface area contributed by atoms with Crippen molar-refractivity contribution < 1.29 is 8.42 Å². The molecular weight excluding hydrogens is 286 g/mol. The number of sulfonamides is 1. The van der Waals surface area contributed by atoms with Crippen LogP contribution in [-0.2, 0) is 16.4 Å². The van der Waals surface area contributed by atoms with Crippen LogP contribution >= 0.6 is 0 Å². The molecule has 1 unspecified atom stereocenters. The molecule has 0 bridgehead atoms. The lowest BCUT2D eigenvalue weighted by Crippen LogP contribution is -2.36. The van der Waals surface area contributed by atoms with Gasteiger partial charge in [-0.3, -0.25) is 0 Å². The van der Waals surface area contributed by atoms with Crippen LogP contribution in [0, 0.1) is 0 Å². The second-order valence-electron chi connectivity index (χ2n) is 5.62. The van der Waals surface area contributed by atoms with E-state index in [-0.39, 0.29) is 6.04 Å². The number of nitrogens with one attached hydrogen (secondary N) is 2. The third kappa shape index (κ3) is 4.78. The van der Waals surface area contributed by atoms with Crippen LogP contribution < -0.4 is 10.0 Å². The molecule has 1 saturated heterocycles. The van der Waals surface area contributed by atoms with Crippen LogP contribution in [0.25, 0.3) is 0 Å². The van der Waals surface area contributed by atoms with E-state index in [0.29, 0.717) is 4.90 Å². The van der Waals surface area contributed by atoms with Crippen molar-refractivity contribution in [3.8, 4) is 0 Å². The van der Waals surface area contributed by atoms with Crippen molar-refractivity contribution in [1.29, 1.82) is 0 Å². The number of nitrogens with zero attached hydrogens (tertiary/aromatic N) is 1. The molecule has 1 aliphatic heterocycles. The molecule has 1 atom stereocenters. The van der Waals surface area contributed by atoms with E-state index < -0.39 is 10.0 Å². The highest BCUT2D eigenvalue weighted by atomic mass is 32.2. The topological polar surface area (TPSA) is 61.4 Å². The Labute approximate surface area is 127 Å². The highest BCUT2D eigenvalue weighted by Gasteiger charge is 2.25. The molecular formula is C15H25N3O2S. The van der Waals surface area contributed by atoms with Crippen LogP contribution in [0.2, 0.25) is 0 Å². The molecule has 5 nitrogen and oxygen atoms in total. The van der Waals surface area contributed by atoms with Gasteiger partial charge in [-0.25, -0.2) is 13.1 Å². The van der Waals surface area contributed by atoms with Crippen LogP contribution in [0.5, 0.6) is 0 Å². The molecule has 0 spiro atoms. The van der Waals surface area contributed by atoms with E-state index >= 15 is 0 Å². The largest absolute Gasteiger partial charge is 0.317 e. The summed E-state index contributed by atoms with van der Waals surface area (Å²) in [6.07, 6.45) is 1.78. The predicted octanol–water partition coefficient (Wildman–Crippen LogP) is 0.821. The van der Waals surface area contributed by atoms with Crippen molar-refractivity contribution in [2.75, 3.05) is 33.2 Å². The number of rotatable bonds is 7. The number of likely N-dealkylation sites (tertiary alicyclic amines) is 1. The van der Waals surface area contributed by atoms with E-state index in [0.717, 1.165) is 44.6 Å². The van der Waals surface area contributed by atoms with Gasteiger partial charge in [0.05, 0.1) is 4.90 Å². The maximum atomic E-state index is 12.3. The molecule has 0 saturated carbocycles. The first-order valence-electron chi connectivity index (χ1n) is 7.52. The van der Waals surface area contributed by atoms with Gasteiger partial charge >= 0.3 is 0 Å². The van der Waals surface area contributed by atoms with E-state index in [1.165, 1.54) is 0 Å². The van der Waals surface area contributed by atoms with Gasteiger partial charge in [-0.2, -0.15) is 0 Å². The highest BCUT2D eigenvalue weighted by molar-refractivity contribution is 7.89. The highest BCUT2D eigenvalue weighted by Crippen LogP contribution is 2.14. The minimum atomic E-state index is -3.40. The second kappa shape index (κ2) is 7.35. The van der Waals surface area contributed by atoms with Crippen molar-refractivity contribution in [3.05, 3.63) is 29.8 Å². The molecule has 1 aliphatic rings. The zero-order chi connectivity index (χ0) is 15.3. The first-order chi connectivity index (χ1) is 10.0. The summed E-state index contributed by atoms with van der Waals surface area (Å²) >= 11 is 0. The van der Waals surface area contributed by atoms with Gasteiger partial charge in [0.1, 0.15) is 0 Å². The molecule has 0 radical (unpaired) electrons. The molecule has 0 aliphatic carbocycles. The minimum absolute atomic E-state index is 0.0217. The Hall–Kier alpha value is -0.950. The maximum Gasteiger partial charge on any atom is 0.240 e. The molecule has 6 heteroatoms. The monoisotopic (exact) mass is 311 g/mol. The zero-order valence-electron chi connectivity index (χ0n) is 12.8. The molecule has 1 aromatic rings. The normalized spacial score (nSPS) is 20.0. The Bertz CT molecular complexity index is 543. The number of benzene rings is 1. The van der Waals surface area contributed by atoms with E-state index in [1.54, 1.807) is 12.1 Å². The summed E-state index contributed by atoms with van der Waals surface area (Å²) in [5.41, 5.74) is 1.15. The Morgan fingerprint density at radius 3 is 2.57 bits per heavy atom. The Kier molecular flexibility index (Phi) is 5.75. The van der Waals surface area contributed by atoms with Crippen LogP contribution in [0.3, 0.4) is 0 Å². The third-order valence-corrected chi connectivity index (χ3v) is 5.32. The number of likely N-dealkylation sites (N-methyl/N-ethyl adjacent to an activating group) is 2. The summed E-state index contributed by atoms with van der Waals surface area (Å²) in [5.74, 6) is 0. The van der Waals surface area contributed by atoms with E-state index in [9.17, 15) is 8.42 Å². The van der Waals surface area contributed by atoms with Crippen LogP contribution in [0.15, 0.2) is 29.2 Å². The summed E-state index contributed by atoms with van der Waals surface area (Å²) in [6.45, 7) is 5.65. The Morgan fingerprint density at radius 1 is 1.29 bits per heavy atom. The van der Waals surface area contributed by atoms with E-state index in [1.807, 2.05) is 19.2 Å². The van der Waals surface area contributed by atoms with E-state index in [4.69, 9.17) is 0 Å². The van der Waals surface area contributed by atoms with Gasteiger partial charge in [-0.15, -0.1) is 0 Å². The summed E-state index contributed by atoms with van der Waals surface area (Å²) in [6, 6.07) is 7.21. The average Bonchev–Trinajstić information content (AvgIpc) is 2.84. The molecule has 2 rings (SSSR count). The Balaban J connectivity index is 1.96. The summed E-state index contributed by atoms with van der Waals surface area (Å²) < 4.78 is 27.4. The molecule has 21 heavy (non-hydrogen) atoms. The molecule has 0 amide bonds. The average molecular weight is 311 g/mol. The summed E-state index contributed by atoms with van der Waals surface area (Å²) in [5, 5.41) is 3.26. The van der Waals surface area contributed by atoms with Gasteiger partial charge in [0.25, 0.3) is 0 Å². The first kappa shape index (κ1) is 16.4. The predicted molar refractivity (Wildman–Crippen MR) is 84.9 cm³/mol. The summed E-state index contributed by atoms with van der Waals surface area (Å²) in [7, 11) is -1.39. The SMILES string of the molecule is CCNCCc1ccc(S(=O)(=O)NC2CCN(C)C2)cc1. The molecule has 118 valence electrons. The molecule has 1 heterocycles. The number of hydrogen-bond donors (Lipinski definition) is 2. The van der Waals surface area contributed by atoms with Gasteiger partial charge in [-0.05, 0) is 57.2 Å². The van der Waals surface area contributed by atoms with Crippen LogP contribution in [0.4, 0.5) is 0 Å². The summed E-state index contributed by atoms with van der Waals surface area (Å²) in [4.78, 5) is 2.49. The first-order valence-corrected chi connectivity index (χ1v) is 9.00. The third-order valence-electron chi connectivity index (χ3n) is 3.79. The van der Waals surface area contributed by atoms with Crippen LogP contribution in [-0.4, -0.2) is 52.6 Å². The van der Waals surface area contributed by atoms with Gasteiger partial charge in [0, 0.05) is 12.6 Å². The minimum Gasteiger partial charge on any atom is -0.317 e. The standard InChI is InChI=1S/C15H25N3O2S/c1-3-16-10-8-13-4-6-15(7-5-13)21(19,20)17-14-9-11-18(2)12-14/h4-7,14,16-17H,3,8-12H2,1-2H3. The Morgan fingerprint density at radius 2 is 2.00 bits per heavy atom. The molecule has 2 N–H and O–H groups in total. The van der Waals surface area contributed by atoms with Gasteiger partial charge in [-0.1, -0.05) is 19.1 Å². The van der Waals surface area contributed by atoms with E-state index in [2.05, 4.69) is 21.9 Å².